The molecule has 0 saturated carbocycles. The van der Waals surface area contributed by atoms with Gasteiger partial charge in [-0.1, -0.05) is 54.6 Å². The van der Waals surface area contributed by atoms with Crippen molar-refractivity contribution < 1.29 is 22.4 Å². The number of halogens is 3. The second-order valence-corrected chi connectivity index (χ2v) is 9.00. The largest absolute Gasteiger partial charge is 0.461 e. The average molecular weight is 531 g/mol. The molecule has 198 valence electrons. The van der Waals surface area contributed by atoms with Crippen LogP contribution in [0.5, 0.6) is 0 Å². The predicted molar refractivity (Wildman–Crippen MR) is 143 cm³/mol. The monoisotopic (exact) mass is 530 g/mol. The molecule has 1 amide bonds. The molecule has 0 aliphatic heterocycles. The molecule has 0 fully saturated rings. The summed E-state index contributed by atoms with van der Waals surface area (Å²) in [5.41, 5.74) is 1.40. The van der Waals surface area contributed by atoms with Gasteiger partial charge in [0.25, 0.3) is 0 Å². The lowest BCUT2D eigenvalue weighted by molar-refractivity contribution is -0.137. The smallest absolute Gasteiger partial charge is 0.416 e. The fourth-order valence-corrected chi connectivity index (χ4v) is 4.26. The van der Waals surface area contributed by atoms with E-state index in [1.165, 1.54) is 6.07 Å². The van der Waals surface area contributed by atoms with E-state index in [1.54, 1.807) is 24.5 Å². The Kier molecular flexibility index (Phi) is 7.58. The van der Waals surface area contributed by atoms with Crippen molar-refractivity contribution in [2.45, 2.75) is 25.7 Å². The summed E-state index contributed by atoms with van der Waals surface area (Å²) in [7, 11) is 0. The van der Waals surface area contributed by atoms with Crippen molar-refractivity contribution in [2.24, 2.45) is 0 Å². The Labute approximate surface area is 223 Å². The van der Waals surface area contributed by atoms with Gasteiger partial charge >= 0.3 is 6.18 Å². The van der Waals surface area contributed by atoms with Crippen LogP contribution in [-0.4, -0.2) is 22.4 Å². The first-order valence-corrected chi connectivity index (χ1v) is 12.4. The van der Waals surface area contributed by atoms with Gasteiger partial charge in [0.15, 0.2) is 11.6 Å². The van der Waals surface area contributed by atoms with E-state index in [-0.39, 0.29) is 18.9 Å². The number of hydrogen-bond acceptors (Lipinski definition) is 5. The van der Waals surface area contributed by atoms with Crippen LogP contribution >= 0.6 is 0 Å². The highest BCUT2D eigenvalue weighted by Gasteiger charge is 2.30. The molecular formula is C30H25F3N4O2. The third kappa shape index (κ3) is 6.43. The first-order chi connectivity index (χ1) is 18.9. The summed E-state index contributed by atoms with van der Waals surface area (Å²) in [4.78, 5) is 24.3. The maximum atomic E-state index is 13.0. The quantitative estimate of drug-likeness (QED) is 0.232. The summed E-state index contributed by atoms with van der Waals surface area (Å²) in [6, 6.07) is 26.0. The fraction of sp³-hybridized carbons (Fsp3) is 0.167. The van der Waals surface area contributed by atoms with E-state index in [4.69, 9.17) is 9.40 Å². The zero-order valence-corrected chi connectivity index (χ0v) is 20.9. The fourth-order valence-electron chi connectivity index (χ4n) is 4.26. The van der Waals surface area contributed by atoms with Gasteiger partial charge in [0.05, 0.1) is 17.3 Å². The molecule has 0 aliphatic rings. The van der Waals surface area contributed by atoms with Crippen LogP contribution in [0, 0.1) is 0 Å². The number of carbonyl (C=O) groups is 1. The molecule has 5 aromatic rings. The van der Waals surface area contributed by atoms with Crippen LogP contribution in [0.1, 0.15) is 23.1 Å². The van der Waals surface area contributed by atoms with Crippen LogP contribution in [0.4, 0.5) is 19.0 Å². The Bertz CT molecular complexity index is 1550. The lowest BCUT2D eigenvalue weighted by Gasteiger charge is -2.25. The van der Waals surface area contributed by atoms with E-state index in [1.807, 2.05) is 59.5 Å². The number of alkyl halides is 3. The molecule has 39 heavy (non-hydrogen) atoms. The number of aromatic nitrogens is 2. The van der Waals surface area contributed by atoms with Crippen LogP contribution in [0.3, 0.4) is 0 Å². The third-order valence-corrected chi connectivity index (χ3v) is 6.19. The summed E-state index contributed by atoms with van der Waals surface area (Å²) in [6.45, 7) is 0.808. The molecule has 2 aromatic heterocycles. The number of benzene rings is 3. The van der Waals surface area contributed by atoms with Gasteiger partial charge in [0.2, 0.25) is 5.91 Å². The minimum absolute atomic E-state index is 0.000514. The zero-order valence-electron chi connectivity index (χ0n) is 20.9. The van der Waals surface area contributed by atoms with Crippen molar-refractivity contribution >= 4 is 22.6 Å². The Morgan fingerprint density at radius 1 is 0.872 bits per heavy atom. The molecule has 5 rings (SSSR count). The highest BCUT2D eigenvalue weighted by atomic mass is 19.4. The van der Waals surface area contributed by atoms with Crippen LogP contribution in [-0.2, 0) is 24.1 Å². The third-order valence-electron chi connectivity index (χ3n) is 6.19. The number of carbonyl (C=O) groups excluding carboxylic acids is 1. The van der Waals surface area contributed by atoms with E-state index >= 15 is 0 Å². The lowest BCUT2D eigenvalue weighted by atomic mass is 10.1. The Hall–Kier alpha value is -4.66. The first kappa shape index (κ1) is 26.0. The molecule has 0 saturated heterocycles. The number of rotatable bonds is 9. The summed E-state index contributed by atoms with van der Waals surface area (Å²) < 4.78 is 44.7. The van der Waals surface area contributed by atoms with Crippen molar-refractivity contribution in [1.29, 1.82) is 0 Å². The van der Waals surface area contributed by atoms with Gasteiger partial charge in [0, 0.05) is 31.4 Å². The minimum Gasteiger partial charge on any atom is -0.461 e. The molecule has 0 unspecified atom stereocenters. The van der Waals surface area contributed by atoms with Crippen molar-refractivity contribution in [3.63, 3.8) is 0 Å². The van der Waals surface area contributed by atoms with Gasteiger partial charge in [0.1, 0.15) is 5.82 Å². The zero-order chi connectivity index (χ0) is 27.2. The molecule has 0 spiro atoms. The molecule has 0 atom stereocenters. The van der Waals surface area contributed by atoms with Crippen LogP contribution in [0.15, 0.2) is 102 Å². The van der Waals surface area contributed by atoms with Gasteiger partial charge in [-0.25, -0.2) is 9.97 Å². The number of anilines is 1. The van der Waals surface area contributed by atoms with Crippen molar-refractivity contribution in [3.05, 3.63) is 114 Å². The van der Waals surface area contributed by atoms with Crippen molar-refractivity contribution in [1.82, 2.24) is 15.3 Å². The number of nitrogens with one attached hydrogen (secondary N) is 1. The van der Waals surface area contributed by atoms with Gasteiger partial charge in [-0.05, 0) is 47.5 Å². The Morgan fingerprint density at radius 3 is 2.41 bits per heavy atom. The average Bonchev–Trinajstić information content (AvgIpc) is 3.49. The highest BCUT2D eigenvalue weighted by molar-refractivity contribution is 5.91. The summed E-state index contributed by atoms with van der Waals surface area (Å²) >= 11 is 0. The number of amides is 1. The Morgan fingerprint density at radius 2 is 1.64 bits per heavy atom. The molecule has 3 aromatic carbocycles. The topological polar surface area (TPSA) is 71.3 Å². The summed E-state index contributed by atoms with van der Waals surface area (Å²) in [5, 5.41) is 3.57. The molecule has 0 aliphatic carbocycles. The van der Waals surface area contributed by atoms with Gasteiger partial charge < -0.3 is 14.6 Å². The lowest BCUT2D eigenvalue weighted by Crippen LogP contribution is -2.31. The maximum Gasteiger partial charge on any atom is 0.416 e. The number of fused-ring (bicyclic) bond motifs is 1. The van der Waals surface area contributed by atoms with Gasteiger partial charge in [-0.3, -0.25) is 4.79 Å². The molecule has 6 nitrogen and oxygen atoms in total. The van der Waals surface area contributed by atoms with Gasteiger partial charge in [-0.2, -0.15) is 13.2 Å². The van der Waals surface area contributed by atoms with E-state index in [2.05, 4.69) is 10.3 Å². The van der Waals surface area contributed by atoms with Crippen molar-refractivity contribution in [2.75, 3.05) is 11.4 Å². The predicted octanol–water partition coefficient (Wildman–Crippen LogP) is 6.62. The number of hydrogen-bond donors (Lipinski definition) is 1. The van der Waals surface area contributed by atoms with E-state index in [9.17, 15) is 18.0 Å². The Balaban J connectivity index is 1.38. The number of furan rings is 1. The van der Waals surface area contributed by atoms with Crippen LogP contribution < -0.4 is 10.2 Å². The normalized spacial score (nSPS) is 11.5. The first-order valence-electron chi connectivity index (χ1n) is 12.4. The van der Waals surface area contributed by atoms with E-state index in [0.29, 0.717) is 36.1 Å². The second kappa shape index (κ2) is 11.4. The summed E-state index contributed by atoms with van der Waals surface area (Å²) in [5.74, 6) is 1.33. The van der Waals surface area contributed by atoms with Crippen LogP contribution in [0.25, 0.3) is 22.5 Å². The number of para-hydroxylation sites is 1. The molecule has 1 N–H and O–H groups in total. The van der Waals surface area contributed by atoms with Crippen molar-refractivity contribution in [3.8, 4) is 11.6 Å². The molecule has 0 bridgehead atoms. The maximum absolute atomic E-state index is 13.0. The van der Waals surface area contributed by atoms with Crippen LogP contribution in [0.2, 0.25) is 0 Å². The standard InChI is InChI=1S/C30H25F3N4O2/c31-30(32,33)23-11-6-10-22(18-23)19-34-27(38)15-16-37(20-21-8-2-1-3-9-21)29-24-12-4-5-13-25(24)35-28(36-29)26-14-7-17-39-26/h1-14,17-18H,15-16,19-20H2,(H,34,38). The molecule has 2 heterocycles. The molecular weight excluding hydrogens is 505 g/mol. The van der Waals surface area contributed by atoms with E-state index < -0.39 is 11.7 Å². The number of nitrogens with zero attached hydrogens (tertiary/aromatic N) is 3. The molecule has 0 radical (unpaired) electrons. The highest BCUT2D eigenvalue weighted by Crippen LogP contribution is 2.30. The minimum atomic E-state index is -4.44. The van der Waals surface area contributed by atoms with E-state index in [0.717, 1.165) is 28.6 Å². The summed E-state index contributed by atoms with van der Waals surface area (Å²) in [6.07, 6.45) is -2.77. The second-order valence-electron chi connectivity index (χ2n) is 9.00. The SMILES string of the molecule is O=C(CCN(Cc1ccccc1)c1nc(-c2ccco2)nc2ccccc12)NCc1cccc(C(F)(F)F)c1. The van der Waals surface area contributed by atoms with Gasteiger partial charge in [-0.15, -0.1) is 0 Å². The molecule has 9 heteroatoms.